The van der Waals surface area contributed by atoms with E-state index in [2.05, 4.69) is 5.32 Å². The number of halogens is 4. The molecule has 0 heterocycles. The van der Waals surface area contributed by atoms with Crippen LogP contribution in [0, 0.1) is 11.7 Å². The van der Waals surface area contributed by atoms with Crippen LogP contribution in [0.4, 0.5) is 4.39 Å². The molecule has 1 unspecified atom stereocenters. The van der Waals surface area contributed by atoms with Gasteiger partial charge in [0.2, 0.25) is 11.8 Å². The lowest BCUT2D eigenvalue weighted by Gasteiger charge is -2.31. The van der Waals surface area contributed by atoms with Crippen molar-refractivity contribution in [2.45, 2.75) is 45.5 Å². The van der Waals surface area contributed by atoms with Crippen LogP contribution >= 0.6 is 46.6 Å². The Kier molecular flexibility index (Phi) is 11.3. The Morgan fingerprint density at radius 2 is 1.82 bits per heavy atom. The van der Waals surface area contributed by atoms with E-state index in [1.54, 1.807) is 29.2 Å². The zero-order valence-electron chi connectivity index (χ0n) is 18.8. The number of hydrogen-bond acceptors (Lipinski definition) is 3. The maximum absolute atomic E-state index is 14.1. The lowest BCUT2D eigenvalue weighted by molar-refractivity contribution is -0.139. The Bertz CT molecular complexity index is 954. The molecule has 33 heavy (non-hydrogen) atoms. The molecule has 0 saturated carbocycles. The average Bonchev–Trinajstić information content (AvgIpc) is 2.76. The summed E-state index contributed by atoms with van der Waals surface area (Å²) in [6.07, 6.45) is 0.445. The topological polar surface area (TPSA) is 49.4 Å². The van der Waals surface area contributed by atoms with Crippen LogP contribution in [0.3, 0.4) is 0 Å². The van der Waals surface area contributed by atoms with Crippen molar-refractivity contribution in [1.82, 2.24) is 10.2 Å². The highest BCUT2D eigenvalue weighted by Crippen LogP contribution is 2.26. The van der Waals surface area contributed by atoms with Crippen LogP contribution in [0.15, 0.2) is 36.4 Å². The van der Waals surface area contributed by atoms with Crippen molar-refractivity contribution < 1.29 is 14.0 Å². The van der Waals surface area contributed by atoms with Gasteiger partial charge in [-0.15, -0.1) is 11.8 Å². The summed E-state index contributed by atoms with van der Waals surface area (Å²) in [5.74, 6) is -0.248. The first-order chi connectivity index (χ1) is 15.6. The summed E-state index contributed by atoms with van der Waals surface area (Å²) in [4.78, 5) is 27.7. The fourth-order valence-corrected chi connectivity index (χ4v) is 4.74. The molecule has 1 N–H and O–H groups in total. The minimum Gasteiger partial charge on any atom is -0.354 e. The molecule has 0 aliphatic heterocycles. The molecule has 0 aromatic heterocycles. The third-order valence-electron chi connectivity index (χ3n) is 4.94. The lowest BCUT2D eigenvalue weighted by atomic mass is 10.1. The molecular weight excluding hydrogens is 506 g/mol. The van der Waals surface area contributed by atoms with Crippen molar-refractivity contribution in [2.75, 3.05) is 12.3 Å². The van der Waals surface area contributed by atoms with E-state index in [1.807, 2.05) is 20.8 Å². The maximum atomic E-state index is 14.1. The van der Waals surface area contributed by atoms with Crippen LogP contribution in [0.2, 0.25) is 15.1 Å². The highest BCUT2D eigenvalue weighted by molar-refractivity contribution is 7.99. The SMILES string of the molecule is CCC(C(=O)NCC(C)C)N(Cc1ccc(Cl)c(Cl)c1)C(=O)CSCc1c(F)cccc1Cl. The molecule has 0 saturated heterocycles. The first-order valence-corrected chi connectivity index (χ1v) is 12.9. The van der Waals surface area contributed by atoms with Gasteiger partial charge in [-0.25, -0.2) is 4.39 Å². The van der Waals surface area contributed by atoms with Crippen LogP contribution in [0.5, 0.6) is 0 Å². The first kappa shape index (κ1) is 27.8. The molecule has 2 aromatic rings. The molecule has 4 nitrogen and oxygen atoms in total. The lowest BCUT2D eigenvalue weighted by Crippen LogP contribution is -2.50. The summed E-state index contributed by atoms with van der Waals surface area (Å²) in [5.41, 5.74) is 1.12. The van der Waals surface area contributed by atoms with Crippen molar-refractivity contribution in [3.05, 3.63) is 68.4 Å². The van der Waals surface area contributed by atoms with E-state index in [4.69, 9.17) is 34.8 Å². The van der Waals surface area contributed by atoms with Crippen LogP contribution in [-0.4, -0.2) is 35.1 Å². The minimum atomic E-state index is -0.650. The maximum Gasteiger partial charge on any atom is 0.242 e. The zero-order valence-corrected chi connectivity index (χ0v) is 21.9. The number of hydrogen-bond donors (Lipinski definition) is 1. The number of rotatable bonds is 11. The van der Waals surface area contributed by atoms with Crippen LogP contribution in [0.1, 0.15) is 38.3 Å². The highest BCUT2D eigenvalue weighted by atomic mass is 35.5. The van der Waals surface area contributed by atoms with Gasteiger partial charge in [0.25, 0.3) is 0 Å². The smallest absolute Gasteiger partial charge is 0.242 e. The largest absolute Gasteiger partial charge is 0.354 e. The van der Waals surface area contributed by atoms with Gasteiger partial charge in [-0.05, 0) is 42.2 Å². The van der Waals surface area contributed by atoms with Crippen LogP contribution in [-0.2, 0) is 21.9 Å². The van der Waals surface area contributed by atoms with Gasteiger partial charge in [-0.1, -0.05) is 67.7 Å². The number of carbonyl (C=O) groups excluding carboxylic acids is 2. The van der Waals surface area contributed by atoms with Crippen molar-refractivity contribution in [3.63, 3.8) is 0 Å². The molecule has 2 amide bonds. The van der Waals surface area contributed by atoms with Crippen molar-refractivity contribution in [3.8, 4) is 0 Å². The standard InChI is InChI=1S/C24H28Cl3FN2O2S/c1-4-22(24(32)29-11-15(2)3)30(12-16-8-9-19(26)20(27)10-16)23(31)14-33-13-17-18(25)6-5-7-21(17)28/h5-10,15,22H,4,11-14H2,1-3H3,(H,29,32). The highest BCUT2D eigenvalue weighted by Gasteiger charge is 2.28. The number of carbonyl (C=O) groups is 2. The quantitative estimate of drug-likeness (QED) is 0.354. The first-order valence-electron chi connectivity index (χ1n) is 10.7. The normalized spacial score (nSPS) is 12.0. The van der Waals surface area contributed by atoms with E-state index in [0.717, 1.165) is 5.56 Å². The number of nitrogens with zero attached hydrogens (tertiary/aromatic N) is 1. The van der Waals surface area contributed by atoms with E-state index in [-0.39, 0.29) is 35.8 Å². The van der Waals surface area contributed by atoms with Gasteiger partial charge < -0.3 is 10.2 Å². The molecule has 0 aliphatic carbocycles. The second kappa shape index (κ2) is 13.4. The van der Waals surface area contributed by atoms with E-state index in [1.165, 1.54) is 23.9 Å². The fourth-order valence-electron chi connectivity index (χ4n) is 3.17. The van der Waals surface area contributed by atoms with Crippen molar-refractivity contribution in [1.29, 1.82) is 0 Å². The number of benzene rings is 2. The van der Waals surface area contributed by atoms with Crippen LogP contribution in [0.25, 0.3) is 0 Å². The molecular formula is C24H28Cl3FN2O2S. The Labute approximate surface area is 214 Å². The third-order valence-corrected chi connectivity index (χ3v) is 6.98. The average molecular weight is 534 g/mol. The van der Waals surface area contributed by atoms with Crippen molar-refractivity contribution >= 4 is 58.4 Å². The van der Waals surface area contributed by atoms with E-state index >= 15 is 0 Å². The van der Waals surface area contributed by atoms with Gasteiger partial charge in [-0.2, -0.15) is 0 Å². The second-order valence-corrected chi connectivity index (χ2v) is 10.2. The molecule has 0 aliphatic rings. The zero-order chi connectivity index (χ0) is 24.5. The monoisotopic (exact) mass is 532 g/mol. The molecule has 9 heteroatoms. The van der Waals surface area contributed by atoms with Gasteiger partial charge in [-0.3, -0.25) is 9.59 Å². The third kappa shape index (κ3) is 8.36. The summed E-state index contributed by atoms with van der Waals surface area (Å²) in [6, 6.07) is 8.98. The Morgan fingerprint density at radius 1 is 1.09 bits per heavy atom. The van der Waals surface area contributed by atoms with E-state index in [0.29, 0.717) is 33.6 Å². The Balaban J connectivity index is 2.19. The molecule has 1 atom stereocenters. The van der Waals surface area contributed by atoms with Crippen LogP contribution < -0.4 is 5.32 Å². The number of nitrogens with one attached hydrogen (secondary N) is 1. The summed E-state index contributed by atoms with van der Waals surface area (Å²) in [7, 11) is 0. The van der Waals surface area contributed by atoms with Gasteiger partial charge in [0.15, 0.2) is 0 Å². The molecule has 0 fully saturated rings. The Hall–Kier alpha value is -1.47. The van der Waals surface area contributed by atoms with Gasteiger partial charge >= 0.3 is 0 Å². The molecule has 0 bridgehead atoms. The predicted molar refractivity (Wildman–Crippen MR) is 137 cm³/mol. The summed E-state index contributed by atoms with van der Waals surface area (Å²) < 4.78 is 14.1. The van der Waals surface area contributed by atoms with E-state index < -0.39 is 11.9 Å². The molecule has 2 rings (SSSR count). The predicted octanol–water partition coefficient (Wildman–Crippen LogP) is 6.60. The Morgan fingerprint density at radius 3 is 2.42 bits per heavy atom. The number of amides is 2. The molecule has 2 aromatic carbocycles. The molecule has 180 valence electrons. The van der Waals surface area contributed by atoms with E-state index in [9.17, 15) is 14.0 Å². The summed E-state index contributed by atoms with van der Waals surface area (Å²) in [5, 5.41) is 4.03. The molecule has 0 radical (unpaired) electrons. The van der Waals surface area contributed by atoms with Gasteiger partial charge in [0.1, 0.15) is 11.9 Å². The molecule has 0 spiro atoms. The van der Waals surface area contributed by atoms with Gasteiger partial charge in [0, 0.05) is 29.4 Å². The summed E-state index contributed by atoms with van der Waals surface area (Å²) in [6.45, 7) is 6.59. The minimum absolute atomic E-state index is 0.0694. The number of thioether (sulfide) groups is 1. The van der Waals surface area contributed by atoms with Crippen molar-refractivity contribution in [2.24, 2.45) is 5.92 Å². The summed E-state index contributed by atoms with van der Waals surface area (Å²) >= 11 is 19.5. The van der Waals surface area contributed by atoms with Gasteiger partial charge in [0.05, 0.1) is 15.8 Å². The second-order valence-electron chi connectivity index (χ2n) is 8.03. The fraction of sp³-hybridized carbons (Fsp3) is 0.417.